The van der Waals surface area contributed by atoms with Gasteiger partial charge in [0.1, 0.15) is 0 Å². The zero-order chi connectivity index (χ0) is 40.0. The molecular formula is C54H50BN3. The molecule has 284 valence electrons. The molecule has 58 heavy (non-hydrogen) atoms. The van der Waals surface area contributed by atoms with Gasteiger partial charge in [0, 0.05) is 50.0 Å². The van der Waals surface area contributed by atoms with Crippen LogP contribution < -0.4 is 21.3 Å². The summed E-state index contributed by atoms with van der Waals surface area (Å²) in [6, 6.07) is 53.6. The van der Waals surface area contributed by atoms with Crippen LogP contribution in [0.5, 0.6) is 0 Å². The minimum atomic E-state index is -0.00333. The van der Waals surface area contributed by atoms with E-state index in [0.29, 0.717) is 0 Å². The molecular weight excluding hydrogens is 701 g/mol. The van der Waals surface area contributed by atoms with Crippen LogP contribution in [-0.4, -0.2) is 15.8 Å². The fourth-order valence-corrected chi connectivity index (χ4v) is 10.1. The van der Waals surface area contributed by atoms with Gasteiger partial charge in [-0.2, -0.15) is 0 Å². The number of rotatable bonds is 2. The average Bonchev–Trinajstić information content (AvgIpc) is 3.72. The van der Waals surface area contributed by atoms with Crippen LogP contribution in [0, 0.1) is 0 Å². The summed E-state index contributed by atoms with van der Waals surface area (Å²) in [6.07, 6.45) is 0. The fourth-order valence-electron chi connectivity index (χ4n) is 10.1. The van der Waals surface area contributed by atoms with Crippen molar-refractivity contribution >= 4 is 83.8 Å². The molecule has 0 N–H and O–H groups in total. The van der Waals surface area contributed by atoms with Gasteiger partial charge in [-0.25, -0.2) is 0 Å². The summed E-state index contributed by atoms with van der Waals surface area (Å²) in [5.41, 5.74) is 19.4. The second-order valence-corrected chi connectivity index (χ2v) is 19.9. The first-order chi connectivity index (χ1) is 27.7. The van der Waals surface area contributed by atoms with Crippen LogP contribution in [0.15, 0.2) is 140 Å². The van der Waals surface area contributed by atoms with Crippen LogP contribution >= 0.6 is 0 Å². The van der Waals surface area contributed by atoms with Crippen molar-refractivity contribution in [2.75, 3.05) is 4.90 Å². The lowest BCUT2D eigenvalue weighted by Gasteiger charge is -2.40. The summed E-state index contributed by atoms with van der Waals surface area (Å²) in [6.45, 7) is 20.9. The van der Waals surface area contributed by atoms with Crippen molar-refractivity contribution in [3.63, 3.8) is 0 Å². The topological polar surface area (TPSA) is 13.1 Å². The molecule has 0 bridgehead atoms. The first-order valence-corrected chi connectivity index (χ1v) is 21.0. The summed E-state index contributed by atoms with van der Waals surface area (Å²) in [7, 11) is 0. The fraction of sp³-hybridized carbons (Fsp3) is 0.222. The van der Waals surface area contributed by atoms with E-state index in [1.54, 1.807) is 0 Å². The number of para-hydroxylation sites is 2. The molecule has 0 radical (unpaired) electrons. The normalized spacial score (nSPS) is 13.9. The smallest absolute Gasteiger partial charge is 0.252 e. The summed E-state index contributed by atoms with van der Waals surface area (Å²) in [5.74, 6) is 0. The van der Waals surface area contributed by atoms with E-state index in [1.165, 1.54) is 105 Å². The maximum absolute atomic E-state index is 2.61. The van der Waals surface area contributed by atoms with Crippen molar-refractivity contribution in [2.24, 2.45) is 0 Å². The highest BCUT2D eigenvalue weighted by Gasteiger charge is 2.43. The monoisotopic (exact) mass is 751 g/mol. The van der Waals surface area contributed by atoms with Gasteiger partial charge in [0.25, 0.3) is 6.71 Å². The molecule has 4 heteroatoms. The predicted octanol–water partition coefficient (Wildman–Crippen LogP) is 12.4. The number of fused-ring (bicyclic) bond motifs is 11. The number of anilines is 3. The maximum atomic E-state index is 2.61. The lowest BCUT2D eigenvalue weighted by Crippen LogP contribution is -2.60. The van der Waals surface area contributed by atoms with E-state index in [0.717, 1.165) is 0 Å². The van der Waals surface area contributed by atoms with E-state index in [9.17, 15) is 0 Å². The van der Waals surface area contributed by atoms with Gasteiger partial charge in [-0.15, -0.1) is 0 Å². The van der Waals surface area contributed by atoms with Crippen molar-refractivity contribution in [3.8, 4) is 11.4 Å². The molecule has 0 fully saturated rings. The van der Waals surface area contributed by atoms with Crippen molar-refractivity contribution in [1.29, 1.82) is 0 Å². The Labute approximate surface area is 342 Å². The predicted molar refractivity (Wildman–Crippen MR) is 251 cm³/mol. The Morgan fingerprint density at radius 1 is 0.379 bits per heavy atom. The van der Waals surface area contributed by atoms with E-state index in [4.69, 9.17) is 0 Å². The highest BCUT2D eigenvalue weighted by Crippen LogP contribution is 2.45. The van der Waals surface area contributed by atoms with E-state index >= 15 is 0 Å². The van der Waals surface area contributed by atoms with Crippen LogP contribution in [0.1, 0.15) is 79.0 Å². The van der Waals surface area contributed by atoms with Crippen molar-refractivity contribution in [2.45, 2.75) is 78.6 Å². The van der Waals surface area contributed by atoms with Crippen LogP contribution in [0.3, 0.4) is 0 Å². The lowest BCUT2D eigenvalue weighted by atomic mass is 9.33. The molecule has 0 saturated heterocycles. The second-order valence-electron chi connectivity index (χ2n) is 19.9. The number of nitrogens with zero attached hydrogens (tertiary/aromatic N) is 3. The van der Waals surface area contributed by atoms with Crippen LogP contribution in [-0.2, 0) is 16.2 Å². The Bertz CT molecular complexity index is 3120. The second kappa shape index (κ2) is 11.8. The third-order valence-corrected chi connectivity index (χ3v) is 13.2. The molecule has 0 aliphatic carbocycles. The van der Waals surface area contributed by atoms with Gasteiger partial charge in [-0.05, 0) is 110 Å². The Kier molecular flexibility index (Phi) is 7.15. The van der Waals surface area contributed by atoms with E-state index in [-0.39, 0.29) is 23.0 Å². The number of hydrogen-bond donors (Lipinski definition) is 0. The summed E-state index contributed by atoms with van der Waals surface area (Å²) in [4.78, 5) is 2.54. The van der Waals surface area contributed by atoms with Crippen LogP contribution in [0.25, 0.3) is 55.0 Å². The molecule has 0 saturated carbocycles. The Morgan fingerprint density at radius 3 is 1.59 bits per heavy atom. The number of hydrogen-bond acceptors (Lipinski definition) is 1. The summed E-state index contributed by atoms with van der Waals surface area (Å²) < 4.78 is 5.08. The van der Waals surface area contributed by atoms with Gasteiger partial charge in [-0.3, -0.25) is 0 Å². The van der Waals surface area contributed by atoms with Gasteiger partial charge < -0.3 is 14.0 Å². The summed E-state index contributed by atoms with van der Waals surface area (Å²) in [5, 5.41) is 5.19. The standard InChI is InChI=1S/C54H50BN3/c1-52(2,3)33-18-22-36(23-19-33)56-47-28-21-35(54(7,8)9)31-43(47)55-42-26-24-37(57-44-16-12-10-14-38(44)39-15-11-13-17-45(39)57)32-49(42)58-46-27-20-34(53(4,5)6)30-41(46)40-25-29-48(56)50(55)51(40)58/h10-32H,1-9H3. The van der Waals surface area contributed by atoms with E-state index < -0.39 is 0 Å². The first-order valence-electron chi connectivity index (χ1n) is 21.0. The van der Waals surface area contributed by atoms with Gasteiger partial charge >= 0.3 is 0 Å². The molecule has 3 nitrogen and oxygen atoms in total. The highest BCUT2D eigenvalue weighted by atomic mass is 15.2. The van der Waals surface area contributed by atoms with Crippen LogP contribution in [0.2, 0.25) is 0 Å². The Hall–Kier alpha value is -6.00. The largest absolute Gasteiger partial charge is 0.311 e. The quantitative estimate of drug-likeness (QED) is 0.160. The summed E-state index contributed by atoms with van der Waals surface area (Å²) >= 11 is 0. The SMILES string of the molecule is CC(C)(C)c1ccc(N2c3ccc(C(C)(C)C)cc3B3c4ccc(-n5c6ccccc6c6ccccc65)cc4-n4c5ccc(C(C)(C)C)cc5c5ccc2c3c54)cc1. The van der Waals surface area contributed by atoms with E-state index in [2.05, 4.69) is 216 Å². The minimum absolute atomic E-state index is 0.00333. The molecule has 0 atom stereocenters. The minimum Gasteiger partial charge on any atom is -0.311 e. The molecule has 2 aromatic heterocycles. The molecule has 0 spiro atoms. The number of aromatic nitrogens is 2. The van der Waals surface area contributed by atoms with Gasteiger partial charge in [0.2, 0.25) is 0 Å². The zero-order valence-corrected chi connectivity index (χ0v) is 35.2. The van der Waals surface area contributed by atoms with E-state index in [1.807, 2.05) is 0 Å². The Balaban J connectivity index is 1.26. The van der Waals surface area contributed by atoms with Gasteiger partial charge in [-0.1, -0.05) is 141 Å². The zero-order valence-electron chi connectivity index (χ0n) is 35.2. The highest BCUT2D eigenvalue weighted by molar-refractivity contribution is 7.00. The average molecular weight is 752 g/mol. The van der Waals surface area contributed by atoms with Crippen LogP contribution in [0.4, 0.5) is 17.1 Å². The first kappa shape index (κ1) is 35.2. The molecule has 0 unspecified atom stereocenters. The third-order valence-electron chi connectivity index (χ3n) is 13.2. The van der Waals surface area contributed by atoms with Crippen molar-refractivity contribution < 1.29 is 0 Å². The molecule has 0 amide bonds. The molecule has 2 aliphatic heterocycles. The molecule has 7 aromatic carbocycles. The number of benzene rings is 7. The Morgan fingerprint density at radius 2 is 0.931 bits per heavy atom. The van der Waals surface area contributed by atoms with Crippen molar-refractivity contribution in [1.82, 2.24) is 9.13 Å². The molecule has 2 aliphatic rings. The third kappa shape index (κ3) is 4.93. The van der Waals surface area contributed by atoms with Gasteiger partial charge in [0.15, 0.2) is 0 Å². The van der Waals surface area contributed by atoms with Gasteiger partial charge in [0.05, 0.1) is 22.1 Å². The molecule has 11 rings (SSSR count). The molecule has 4 heterocycles. The lowest BCUT2D eigenvalue weighted by molar-refractivity contribution is 0.590. The maximum Gasteiger partial charge on any atom is 0.252 e. The molecule has 9 aromatic rings. The van der Waals surface area contributed by atoms with Crippen molar-refractivity contribution in [3.05, 3.63) is 156 Å².